The molecular weight excluding hydrogens is 352 g/mol. The van der Waals surface area contributed by atoms with Gasteiger partial charge in [0.25, 0.3) is 5.56 Å². The normalized spacial score (nSPS) is 16.2. The predicted octanol–water partition coefficient (Wildman–Crippen LogP) is 2.64. The summed E-state index contributed by atoms with van der Waals surface area (Å²) in [5, 5.41) is 0. The number of nitrogens with two attached hydrogens (primary N) is 1. The number of aromatic amines is 1. The van der Waals surface area contributed by atoms with Gasteiger partial charge in [0.05, 0.1) is 11.2 Å². The third-order valence-corrected chi connectivity index (χ3v) is 6.87. The zero-order valence-corrected chi connectivity index (χ0v) is 15.0. The first-order chi connectivity index (χ1) is 12.5. The summed E-state index contributed by atoms with van der Waals surface area (Å²) in [7, 11) is -3.89. The summed E-state index contributed by atoms with van der Waals surface area (Å²) in [6.07, 6.45) is 6.16. The number of nitrogens with zero attached hydrogens (tertiary/aromatic N) is 2. The Bertz CT molecular complexity index is 1110. The fraction of sp³-hybridized carbons (Fsp3) is 0.333. The molecule has 1 saturated carbocycles. The van der Waals surface area contributed by atoms with Crippen LogP contribution in [0.1, 0.15) is 38.1 Å². The van der Waals surface area contributed by atoms with Crippen LogP contribution in [0.5, 0.6) is 0 Å². The molecule has 0 atom stereocenters. The Balaban J connectivity index is 2.04. The number of hydrogen-bond acceptors (Lipinski definition) is 5. The summed E-state index contributed by atoms with van der Waals surface area (Å²) in [4.78, 5) is 19.3. The lowest BCUT2D eigenvalue weighted by Crippen LogP contribution is -2.19. The Morgan fingerprint density at radius 1 is 1.12 bits per heavy atom. The molecule has 3 aromatic rings. The molecule has 0 saturated heterocycles. The molecule has 1 aliphatic rings. The average molecular weight is 372 g/mol. The van der Waals surface area contributed by atoms with E-state index in [1.165, 1.54) is 18.5 Å². The van der Waals surface area contributed by atoms with Crippen LogP contribution >= 0.6 is 0 Å². The van der Waals surface area contributed by atoms with Gasteiger partial charge in [-0.3, -0.25) is 4.79 Å². The number of H-pyrrole nitrogens is 1. The van der Waals surface area contributed by atoms with Gasteiger partial charge in [-0.05, 0) is 25.0 Å². The summed E-state index contributed by atoms with van der Waals surface area (Å²) in [5.41, 5.74) is 6.34. The van der Waals surface area contributed by atoms with Crippen LogP contribution in [-0.4, -0.2) is 23.0 Å². The Labute approximate surface area is 150 Å². The first kappa shape index (κ1) is 16.8. The third-order valence-electron chi connectivity index (χ3n) is 5.04. The zero-order valence-electron chi connectivity index (χ0n) is 14.2. The predicted molar refractivity (Wildman–Crippen MR) is 98.8 cm³/mol. The van der Waals surface area contributed by atoms with E-state index in [0.29, 0.717) is 0 Å². The van der Waals surface area contributed by atoms with E-state index in [9.17, 15) is 13.2 Å². The van der Waals surface area contributed by atoms with Gasteiger partial charge < -0.3 is 15.3 Å². The lowest BCUT2D eigenvalue weighted by Gasteiger charge is -2.25. The molecular formula is C18H20N4O3S. The van der Waals surface area contributed by atoms with Gasteiger partial charge in [-0.25, -0.2) is 13.4 Å². The number of aromatic nitrogens is 3. The molecule has 1 aromatic carbocycles. The molecule has 7 nitrogen and oxygen atoms in total. The minimum absolute atomic E-state index is 0.0104. The van der Waals surface area contributed by atoms with Gasteiger partial charge in [0.15, 0.2) is 0 Å². The van der Waals surface area contributed by atoms with Crippen molar-refractivity contribution in [3.63, 3.8) is 0 Å². The molecule has 0 aliphatic heterocycles. The maximum Gasteiger partial charge on any atom is 0.275 e. The van der Waals surface area contributed by atoms with Crippen LogP contribution in [0.25, 0.3) is 11.0 Å². The second kappa shape index (κ2) is 6.28. The highest BCUT2D eigenvalue weighted by Crippen LogP contribution is 2.39. The summed E-state index contributed by atoms with van der Waals surface area (Å²) in [6, 6.07) is 8.11. The minimum atomic E-state index is -3.89. The van der Waals surface area contributed by atoms with E-state index in [1.807, 2.05) is 0 Å². The molecule has 136 valence electrons. The third kappa shape index (κ3) is 2.52. The number of benzene rings is 1. The summed E-state index contributed by atoms with van der Waals surface area (Å²) >= 11 is 0. The van der Waals surface area contributed by atoms with E-state index in [1.54, 1.807) is 22.8 Å². The molecule has 0 spiro atoms. The topological polar surface area (TPSA) is 111 Å². The quantitative estimate of drug-likeness (QED) is 0.734. The molecule has 0 bridgehead atoms. The van der Waals surface area contributed by atoms with Crippen molar-refractivity contribution in [2.45, 2.75) is 47.9 Å². The number of rotatable bonds is 3. The second-order valence-corrected chi connectivity index (χ2v) is 8.51. The van der Waals surface area contributed by atoms with Crippen LogP contribution in [0.4, 0.5) is 5.82 Å². The molecule has 8 heteroatoms. The number of anilines is 1. The summed E-state index contributed by atoms with van der Waals surface area (Å²) in [5.74, 6) is 0.0972. The van der Waals surface area contributed by atoms with Crippen molar-refractivity contribution in [3.05, 3.63) is 47.0 Å². The van der Waals surface area contributed by atoms with Gasteiger partial charge in [0.2, 0.25) is 9.84 Å². The zero-order chi connectivity index (χ0) is 18.3. The van der Waals surface area contributed by atoms with Gasteiger partial charge >= 0.3 is 0 Å². The highest BCUT2D eigenvalue weighted by molar-refractivity contribution is 7.92. The maximum absolute atomic E-state index is 13.2. The van der Waals surface area contributed by atoms with Crippen LogP contribution in [0.15, 0.2) is 51.2 Å². The van der Waals surface area contributed by atoms with Gasteiger partial charge in [0.1, 0.15) is 21.7 Å². The molecule has 2 heterocycles. The largest absolute Gasteiger partial charge is 0.384 e. The second-order valence-electron chi connectivity index (χ2n) is 6.62. The fourth-order valence-electron chi connectivity index (χ4n) is 3.83. The smallest absolute Gasteiger partial charge is 0.275 e. The van der Waals surface area contributed by atoms with E-state index in [-0.39, 0.29) is 38.2 Å². The first-order valence-corrected chi connectivity index (χ1v) is 10.2. The maximum atomic E-state index is 13.2. The van der Waals surface area contributed by atoms with Crippen molar-refractivity contribution < 1.29 is 8.42 Å². The van der Waals surface area contributed by atoms with Crippen molar-refractivity contribution in [3.8, 4) is 0 Å². The van der Waals surface area contributed by atoms with Crippen LogP contribution in [0, 0.1) is 0 Å². The van der Waals surface area contributed by atoms with E-state index in [4.69, 9.17) is 5.73 Å². The minimum Gasteiger partial charge on any atom is -0.384 e. The fourth-order valence-corrected chi connectivity index (χ4v) is 5.36. The van der Waals surface area contributed by atoms with Gasteiger partial charge in [-0.1, -0.05) is 37.5 Å². The lowest BCUT2D eigenvalue weighted by atomic mass is 9.95. The van der Waals surface area contributed by atoms with E-state index in [2.05, 4.69) is 9.97 Å². The number of hydrogen-bond donors (Lipinski definition) is 2. The molecule has 2 aromatic heterocycles. The monoisotopic (exact) mass is 372 g/mol. The number of nitrogen functional groups attached to an aromatic ring is 1. The molecule has 0 amide bonds. The van der Waals surface area contributed by atoms with Gasteiger partial charge in [-0.2, -0.15) is 0 Å². The SMILES string of the molecule is Nc1c(S(=O)(=O)c2ccccc2)c2nc[nH]c(=O)c2n1C1CCCCC1. The lowest BCUT2D eigenvalue weighted by molar-refractivity contribution is 0.363. The van der Waals surface area contributed by atoms with Crippen LogP contribution in [-0.2, 0) is 9.84 Å². The summed E-state index contributed by atoms with van der Waals surface area (Å²) < 4.78 is 28.2. The molecule has 0 radical (unpaired) electrons. The molecule has 1 fully saturated rings. The van der Waals surface area contributed by atoms with Gasteiger partial charge in [0, 0.05) is 6.04 Å². The molecule has 0 unspecified atom stereocenters. The Kier molecular flexibility index (Phi) is 4.07. The standard InChI is InChI=1S/C18H20N4O3S/c19-17-16(26(24,25)13-9-5-2-6-10-13)14-15(18(23)21-11-20-14)22(17)12-7-3-1-4-8-12/h2,5-6,9-12H,1,3-4,7-8,19H2,(H,20,21,23). The molecule has 1 aliphatic carbocycles. The highest BCUT2D eigenvalue weighted by Gasteiger charge is 2.32. The molecule has 4 rings (SSSR count). The van der Waals surface area contributed by atoms with E-state index >= 15 is 0 Å². The van der Waals surface area contributed by atoms with Crippen molar-refractivity contribution >= 4 is 26.7 Å². The Morgan fingerprint density at radius 2 is 1.81 bits per heavy atom. The molecule has 26 heavy (non-hydrogen) atoms. The van der Waals surface area contributed by atoms with Crippen molar-refractivity contribution in [1.29, 1.82) is 0 Å². The van der Waals surface area contributed by atoms with Crippen molar-refractivity contribution in [2.24, 2.45) is 0 Å². The van der Waals surface area contributed by atoms with Crippen LogP contribution < -0.4 is 11.3 Å². The number of sulfone groups is 1. The summed E-state index contributed by atoms with van der Waals surface area (Å²) in [6.45, 7) is 0. The Hall–Kier alpha value is -2.61. The van der Waals surface area contributed by atoms with Crippen molar-refractivity contribution in [1.82, 2.24) is 14.5 Å². The van der Waals surface area contributed by atoms with Crippen molar-refractivity contribution in [2.75, 3.05) is 5.73 Å². The number of fused-ring (bicyclic) bond motifs is 1. The average Bonchev–Trinajstić information content (AvgIpc) is 2.97. The highest BCUT2D eigenvalue weighted by atomic mass is 32.2. The molecule has 3 N–H and O–H groups in total. The van der Waals surface area contributed by atoms with Crippen LogP contribution in [0.2, 0.25) is 0 Å². The number of nitrogens with one attached hydrogen (secondary N) is 1. The van der Waals surface area contributed by atoms with Crippen LogP contribution in [0.3, 0.4) is 0 Å². The Morgan fingerprint density at radius 3 is 2.50 bits per heavy atom. The first-order valence-electron chi connectivity index (χ1n) is 8.69. The van der Waals surface area contributed by atoms with Gasteiger partial charge in [-0.15, -0.1) is 0 Å². The van der Waals surface area contributed by atoms with E-state index in [0.717, 1.165) is 32.1 Å². The van der Waals surface area contributed by atoms with E-state index < -0.39 is 9.84 Å².